The largest absolute Gasteiger partial charge is 0.489 e. The van der Waals surface area contributed by atoms with E-state index in [0.717, 1.165) is 22.4 Å². The van der Waals surface area contributed by atoms with Crippen LogP contribution in [0, 0.1) is 11.3 Å². The van der Waals surface area contributed by atoms with E-state index >= 15 is 0 Å². The minimum atomic E-state index is -0.822. The zero-order chi connectivity index (χ0) is 26.6. The molecule has 3 aromatic rings. The summed E-state index contributed by atoms with van der Waals surface area (Å²) in [6.07, 6.45) is 0.644. The molecule has 1 heterocycles. The number of urea groups is 1. The highest BCUT2D eigenvalue weighted by atomic mass is 16.5. The molecule has 196 valence electrons. The van der Waals surface area contributed by atoms with Gasteiger partial charge in [-0.25, -0.2) is 4.79 Å². The van der Waals surface area contributed by atoms with Crippen LogP contribution >= 0.6 is 0 Å². The molecule has 0 saturated carbocycles. The van der Waals surface area contributed by atoms with Crippen molar-refractivity contribution in [3.63, 3.8) is 0 Å². The molecule has 3 amide bonds. The van der Waals surface area contributed by atoms with Gasteiger partial charge in [-0.15, -0.1) is 0 Å². The van der Waals surface area contributed by atoms with Gasteiger partial charge in [0, 0.05) is 25.9 Å². The first-order valence-corrected chi connectivity index (χ1v) is 12.7. The summed E-state index contributed by atoms with van der Waals surface area (Å²) in [4.78, 5) is 27.7. The van der Waals surface area contributed by atoms with Crippen molar-refractivity contribution in [3.05, 3.63) is 102 Å². The molecule has 1 fully saturated rings. The first kappa shape index (κ1) is 26.7. The maximum absolute atomic E-state index is 13.3. The van der Waals surface area contributed by atoms with Crippen molar-refractivity contribution in [1.29, 1.82) is 5.26 Å². The van der Waals surface area contributed by atoms with Crippen molar-refractivity contribution < 1.29 is 19.1 Å². The Hall–Kier alpha value is -4.35. The number of hydrogen-bond donors (Lipinski definition) is 2. The van der Waals surface area contributed by atoms with Crippen LogP contribution < -0.4 is 15.4 Å². The summed E-state index contributed by atoms with van der Waals surface area (Å²) < 4.78 is 11.1. The smallest absolute Gasteiger partial charge is 0.318 e. The van der Waals surface area contributed by atoms with Gasteiger partial charge in [0.05, 0.1) is 19.3 Å². The van der Waals surface area contributed by atoms with E-state index in [0.29, 0.717) is 45.8 Å². The van der Waals surface area contributed by atoms with Gasteiger partial charge in [-0.3, -0.25) is 4.79 Å². The van der Waals surface area contributed by atoms with E-state index in [4.69, 9.17) is 9.47 Å². The number of rotatable bonds is 10. The average molecular weight is 513 g/mol. The summed E-state index contributed by atoms with van der Waals surface area (Å²) >= 11 is 0. The first-order valence-electron chi connectivity index (χ1n) is 12.7. The minimum Gasteiger partial charge on any atom is -0.489 e. The van der Waals surface area contributed by atoms with Crippen molar-refractivity contribution in [2.45, 2.75) is 31.5 Å². The Kier molecular flexibility index (Phi) is 9.71. The van der Waals surface area contributed by atoms with Crippen LogP contribution in [-0.4, -0.2) is 55.2 Å². The van der Waals surface area contributed by atoms with Gasteiger partial charge in [0.25, 0.3) is 0 Å². The number of ether oxygens (including phenoxy) is 2. The number of nitrogens with zero attached hydrogens (tertiary/aromatic N) is 2. The summed E-state index contributed by atoms with van der Waals surface area (Å²) in [7, 11) is 0. The highest BCUT2D eigenvalue weighted by molar-refractivity contribution is 5.87. The molecule has 0 radical (unpaired) electrons. The van der Waals surface area contributed by atoms with Gasteiger partial charge in [0.15, 0.2) is 0 Å². The van der Waals surface area contributed by atoms with Gasteiger partial charge in [-0.2, -0.15) is 5.26 Å². The number of nitriles is 1. The second-order valence-electron chi connectivity index (χ2n) is 9.10. The molecule has 0 bridgehead atoms. The molecule has 1 aliphatic heterocycles. The molecular formula is C30H32N4O4. The Morgan fingerprint density at radius 2 is 1.45 bits per heavy atom. The maximum Gasteiger partial charge on any atom is 0.318 e. The lowest BCUT2D eigenvalue weighted by atomic mass is 10.0. The molecular weight excluding hydrogens is 480 g/mol. The molecule has 8 nitrogen and oxygen atoms in total. The quantitative estimate of drug-likeness (QED) is 0.433. The van der Waals surface area contributed by atoms with Gasteiger partial charge < -0.3 is 25.0 Å². The SMILES string of the molecule is N#C[C@H](Cc1ccc(OCc2ccccc2)cc1)NC(=O)[C@H](Cc1ccccc1)NC(=O)N1CCOCC1. The molecule has 0 spiro atoms. The fourth-order valence-electron chi connectivity index (χ4n) is 4.17. The van der Waals surface area contributed by atoms with E-state index in [1.807, 2.05) is 84.9 Å². The van der Waals surface area contributed by atoms with Crippen LogP contribution in [0.3, 0.4) is 0 Å². The summed E-state index contributed by atoms with van der Waals surface area (Å²) in [5, 5.41) is 15.4. The van der Waals surface area contributed by atoms with Gasteiger partial charge >= 0.3 is 6.03 Å². The van der Waals surface area contributed by atoms with E-state index in [-0.39, 0.29) is 6.03 Å². The third-order valence-electron chi connectivity index (χ3n) is 6.28. The number of carbonyl (C=O) groups is 2. The standard InChI is InChI=1S/C30H32N4O4/c31-21-26(19-24-11-13-27(14-12-24)38-22-25-9-5-2-6-10-25)32-29(35)28(20-23-7-3-1-4-8-23)33-30(36)34-15-17-37-18-16-34/h1-14,26,28H,15-20,22H2,(H,32,35)(H,33,36)/t26-,28-/m0/s1. The average Bonchev–Trinajstić information content (AvgIpc) is 2.97. The molecule has 1 aliphatic rings. The summed E-state index contributed by atoms with van der Waals surface area (Å²) in [6.45, 7) is 2.34. The van der Waals surface area contributed by atoms with Gasteiger partial charge in [0.2, 0.25) is 5.91 Å². The Morgan fingerprint density at radius 3 is 2.08 bits per heavy atom. The predicted octanol–water partition coefficient (Wildman–Crippen LogP) is 3.47. The molecule has 3 aromatic carbocycles. The lowest BCUT2D eigenvalue weighted by molar-refractivity contribution is -0.123. The molecule has 2 N–H and O–H groups in total. The lowest BCUT2D eigenvalue weighted by Crippen LogP contribution is -2.55. The normalized spacial score (nSPS) is 14.6. The van der Waals surface area contributed by atoms with E-state index in [9.17, 15) is 14.9 Å². The minimum absolute atomic E-state index is 0.314. The van der Waals surface area contributed by atoms with Gasteiger partial charge in [-0.05, 0) is 28.8 Å². The maximum atomic E-state index is 13.3. The third kappa shape index (κ3) is 8.08. The van der Waals surface area contributed by atoms with Crippen molar-refractivity contribution in [2.75, 3.05) is 26.3 Å². The fourth-order valence-corrected chi connectivity index (χ4v) is 4.17. The number of amides is 3. The van der Waals surface area contributed by atoms with Gasteiger partial charge in [-0.1, -0.05) is 72.8 Å². The topological polar surface area (TPSA) is 104 Å². The molecule has 0 unspecified atom stereocenters. The van der Waals surface area contributed by atoms with Crippen LogP contribution in [0.2, 0.25) is 0 Å². The second kappa shape index (κ2) is 13.8. The second-order valence-corrected chi connectivity index (χ2v) is 9.10. The van der Waals surface area contributed by atoms with Crippen molar-refractivity contribution in [2.24, 2.45) is 0 Å². The number of hydrogen-bond acceptors (Lipinski definition) is 5. The molecule has 0 aliphatic carbocycles. The zero-order valence-corrected chi connectivity index (χ0v) is 21.2. The summed E-state index contributed by atoms with van der Waals surface area (Å²) in [5.41, 5.74) is 2.88. The van der Waals surface area contributed by atoms with E-state index < -0.39 is 18.0 Å². The molecule has 0 aromatic heterocycles. The van der Waals surface area contributed by atoms with E-state index in [1.165, 1.54) is 0 Å². The van der Waals surface area contributed by atoms with Crippen LogP contribution in [0.1, 0.15) is 16.7 Å². The lowest BCUT2D eigenvalue weighted by Gasteiger charge is -2.29. The molecule has 4 rings (SSSR count). The monoisotopic (exact) mass is 512 g/mol. The van der Waals surface area contributed by atoms with E-state index in [2.05, 4.69) is 16.7 Å². The Labute approximate surface area is 223 Å². The van der Waals surface area contributed by atoms with Crippen LogP contribution in [0.25, 0.3) is 0 Å². The van der Waals surface area contributed by atoms with Crippen LogP contribution in [0.5, 0.6) is 5.75 Å². The predicted molar refractivity (Wildman–Crippen MR) is 143 cm³/mol. The fraction of sp³-hybridized carbons (Fsp3) is 0.300. The van der Waals surface area contributed by atoms with Crippen molar-refractivity contribution >= 4 is 11.9 Å². The number of carbonyl (C=O) groups excluding carboxylic acids is 2. The van der Waals surface area contributed by atoms with Crippen molar-refractivity contribution in [3.8, 4) is 11.8 Å². The Balaban J connectivity index is 1.36. The highest BCUT2D eigenvalue weighted by Gasteiger charge is 2.26. The zero-order valence-electron chi connectivity index (χ0n) is 21.2. The molecule has 38 heavy (non-hydrogen) atoms. The number of nitrogens with one attached hydrogen (secondary N) is 2. The highest BCUT2D eigenvalue weighted by Crippen LogP contribution is 2.16. The molecule has 8 heteroatoms. The van der Waals surface area contributed by atoms with E-state index in [1.54, 1.807) is 4.90 Å². The number of morpholine rings is 1. The third-order valence-corrected chi connectivity index (χ3v) is 6.28. The number of benzene rings is 3. The molecule has 1 saturated heterocycles. The summed E-state index contributed by atoms with van der Waals surface area (Å²) in [6, 6.07) is 27.2. The first-order chi connectivity index (χ1) is 18.6. The van der Waals surface area contributed by atoms with Crippen molar-refractivity contribution in [1.82, 2.24) is 15.5 Å². The summed E-state index contributed by atoms with van der Waals surface area (Å²) in [5.74, 6) is 0.328. The Bertz CT molecular complexity index is 1210. The molecule has 2 atom stereocenters. The van der Waals surface area contributed by atoms with Crippen LogP contribution in [0.15, 0.2) is 84.9 Å². The van der Waals surface area contributed by atoms with Crippen LogP contribution in [0.4, 0.5) is 4.79 Å². The Morgan fingerprint density at radius 1 is 0.842 bits per heavy atom. The van der Waals surface area contributed by atoms with Gasteiger partial charge in [0.1, 0.15) is 24.4 Å². The van der Waals surface area contributed by atoms with Crippen LogP contribution in [-0.2, 0) is 29.0 Å².